The molecule has 0 bridgehead atoms. The Morgan fingerprint density at radius 2 is 1.72 bits per heavy atom. The molecular weight excluding hydrogens is 222 g/mol. The third kappa shape index (κ3) is 4.43. The summed E-state index contributed by atoms with van der Waals surface area (Å²) in [6.45, 7) is 11.7. The Kier molecular flexibility index (Phi) is 5.36. The first-order chi connectivity index (χ1) is 8.38. The Labute approximate surface area is 112 Å². The summed E-state index contributed by atoms with van der Waals surface area (Å²) in [5.41, 5.74) is 3.90. The molecule has 1 unspecified atom stereocenters. The molecule has 0 heterocycles. The Bertz CT molecular complexity index is 364. The Morgan fingerprint density at radius 1 is 1.17 bits per heavy atom. The van der Waals surface area contributed by atoms with Crippen molar-refractivity contribution in [2.75, 3.05) is 13.7 Å². The zero-order valence-electron chi connectivity index (χ0n) is 12.6. The van der Waals surface area contributed by atoms with E-state index in [0.717, 1.165) is 13.0 Å². The van der Waals surface area contributed by atoms with Crippen molar-refractivity contribution in [1.82, 2.24) is 5.32 Å². The molecule has 1 rings (SSSR count). The maximum absolute atomic E-state index is 5.56. The zero-order valence-corrected chi connectivity index (χ0v) is 12.6. The summed E-state index contributed by atoms with van der Waals surface area (Å²) in [5, 5.41) is 3.56. The van der Waals surface area contributed by atoms with E-state index in [1.54, 1.807) is 7.11 Å². The lowest BCUT2D eigenvalue weighted by Gasteiger charge is -2.29. The van der Waals surface area contributed by atoms with Gasteiger partial charge in [-0.05, 0) is 46.2 Å². The van der Waals surface area contributed by atoms with Crippen LogP contribution in [0.25, 0.3) is 0 Å². The normalized spacial score (nSPS) is 13.7. The van der Waals surface area contributed by atoms with Gasteiger partial charge in [0.2, 0.25) is 0 Å². The summed E-state index contributed by atoms with van der Waals surface area (Å²) < 4.78 is 5.56. The molecule has 0 aliphatic heterocycles. The summed E-state index contributed by atoms with van der Waals surface area (Å²) in [7, 11) is 1.78. The number of aryl methyl sites for hydroxylation is 2. The maximum Gasteiger partial charge on any atom is 0.0640 e. The second-order valence-corrected chi connectivity index (χ2v) is 5.70. The summed E-state index contributed by atoms with van der Waals surface area (Å²) in [5.74, 6) is 0. The Hall–Kier alpha value is -0.860. The van der Waals surface area contributed by atoms with Gasteiger partial charge in [-0.25, -0.2) is 0 Å². The lowest BCUT2D eigenvalue weighted by molar-refractivity contribution is 0.00696. The molecule has 1 N–H and O–H groups in total. The maximum atomic E-state index is 5.56. The molecule has 0 fully saturated rings. The van der Waals surface area contributed by atoms with Crippen LogP contribution in [0.15, 0.2) is 18.2 Å². The first kappa shape index (κ1) is 15.2. The second-order valence-electron chi connectivity index (χ2n) is 5.70. The van der Waals surface area contributed by atoms with Gasteiger partial charge in [-0.15, -0.1) is 0 Å². The summed E-state index contributed by atoms with van der Waals surface area (Å²) in [6.07, 6.45) is 0.972. The second kappa shape index (κ2) is 6.35. The molecule has 0 amide bonds. The number of hydrogen-bond acceptors (Lipinski definition) is 2. The highest BCUT2D eigenvalue weighted by molar-refractivity contribution is 5.30. The van der Waals surface area contributed by atoms with Gasteiger partial charge in [0.25, 0.3) is 0 Å². The fourth-order valence-corrected chi connectivity index (χ4v) is 2.34. The van der Waals surface area contributed by atoms with Gasteiger partial charge in [0.15, 0.2) is 0 Å². The van der Waals surface area contributed by atoms with E-state index in [9.17, 15) is 0 Å². The van der Waals surface area contributed by atoms with Gasteiger partial charge in [-0.1, -0.05) is 36.2 Å². The van der Waals surface area contributed by atoms with Gasteiger partial charge in [-0.2, -0.15) is 0 Å². The number of methoxy groups -OCH3 is 1. The third-order valence-electron chi connectivity index (χ3n) is 3.35. The van der Waals surface area contributed by atoms with Gasteiger partial charge in [0.05, 0.1) is 5.60 Å². The summed E-state index contributed by atoms with van der Waals surface area (Å²) in [6, 6.07) is 7.11. The fraction of sp³-hybridized carbons (Fsp3) is 0.625. The van der Waals surface area contributed by atoms with Crippen molar-refractivity contribution in [1.29, 1.82) is 0 Å². The van der Waals surface area contributed by atoms with Crippen molar-refractivity contribution in [3.8, 4) is 0 Å². The zero-order chi connectivity index (χ0) is 13.8. The van der Waals surface area contributed by atoms with Gasteiger partial charge >= 0.3 is 0 Å². The lowest BCUT2D eigenvalue weighted by atomic mass is 9.92. The standard InChI is InChI=1S/C16H27NO/c1-7-17-15(11-16(4,5)18-6)14-9-12(2)8-13(3)10-14/h8-10,15,17H,7,11H2,1-6H3. The molecule has 0 aliphatic rings. The Morgan fingerprint density at radius 3 is 2.17 bits per heavy atom. The highest BCUT2D eigenvalue weighted by Gasteiger charge is 2.23. The molecule has 0 aromatic heterocycles. The fourth-order valence-electron chi connectivity index (χ4n) is 2.34. The molecule has 1 atom stereocenters. The number of hydrogen-bond donors (Lipinski definition) is 1. The van der Waals surface area contributed by atoms with Crippen LogP contribution in [-0.4, -0.2) is 19.3 Å². The van der Waals surface area contributed by atoms with Crippen LogP contribution in [0.4, 0.5) is 0 Å². The minimum atomic E-state index is -0.107. The number of ether oxygens (including phenoxy) is 1. The van der Waals surface area contributed by atoms with E-state index >= 15 is 0 Å². The quantitative estimate of drug-likeness (QED) is 0.828. The van der Waals surface area contributed by atoms with Crippen molar-refractivity contribution in [2.24, 2.45) is 0 Å². The van der Waals surface area contributed by atoms with Crippen molar-refractivity contribution in [2.45, 2.75) is 52.7 Å². The molecule has 0 saturated carbocycles. The van der Waals surface area contributed by atoms with Crippen LogP contribution in [0, 0.1) is 13.8 Å². The topological polar surface area (TPSA) is 21.3 Å². The van der Waals surface area contributed by atoms with Gasteiger partial charge in [0.1, 0.15) is 0 Å². The third-order valence-corrected chi connectivity index (χ3v) is 3.35. The molecule has 2 heteroatoms. The number of benzene rings is 1. The highest BCUT2D eigenvalue weighted by atomic mass is 16.5. The Balaban J connectivity index is 2.96. The minimum Gasteiger partial charge on any atom is -0.379 e. The predicted molar refractivity (Wildman–Crippen MR) is 78.0 cm³/mol. The van der Waals surface area contributed by atoms with Gasteiger partial charge in [0, 0.05) is 13.2 Å². The molecule has 0 radical (unpaired) electrons. The smallest absolute Gasteiger partial charge is 0.0640 e. The van der Waals surface area contributed by atoms with Crippen LogP contribution >= 0.6 is 0 Å². The average molecular weight is 249 g/mol. The first-order valence-electron chi connectivity index (χ1n) is 6.74. The van der Waals surface area contributed by atoms with Crippen LogP contribution in [0.2, 0.25) is 0 Å². The number of rotatable bonds is 6. The summed E-state index contributed by atoms with van der Waals surface area (Å²) in [4.78, 5) is 0. The predicted octanol–water partition coefficient (Wildman–Crippen LogP) is 3.77. The van der Waals surface area contributed by atoms with Crippen molar-refractivity contribution >= 4 is 0 Å². The monoisotopic (exact) mass is 249 g/mol. The van der Waals surface area contributed by atoms with Crippen molar-refractivity contribution in [3.05, 3.63) is 34.9 Å². The molecule has 2 nitrogen and oxygen atoms in total. The van der Waals surface area contributed by atoms with E-state index < -0.39 is 0 Å². The molecule has 0 aliphatic carbocycles. The van der Waals surface area contributed by atoms with Gasteiger partial charge < -0.3 is 10.1 Å². The SMILES string of the molecule is CCNC(CC(C)(C)OC)c1cc(C)cc(C)c1. The van der Waals surface area contributed by atoms with Crippen LogP contribution < -0.4 is 5.32 Å². The highest BCUT2D eigenvalue weighted by Crippen LogP contribution is 2.27. The van der Waals surface area contributed by atoms with E-state index in [1.165, 1.54) is 16.7 Å². The van der Waals surface area contributed by atoms with Crippen LogP contribution in [0.1, 0.15) is 49.9 Å². The van der Waals surface area contributed by atoms with E-state index in [2.05, 4.69) is 58.1 Å². The number of nitrogens with one attached hydrogen (secondary N) is 1. The molecule has 18 heavy (non-hydrogen) atoms. The molecule has 1 aromatic rings. The van der Waals surface area contributed by atoms with E-state index in [1.807, 2.05) is 0 Å². The molecule has 1 aromatic carbocycles. The largest absolute Gasteiger partial charge is 0.379 e. The molecule has 102 valence electrons. The van der Waals surface area contributed by atoms with Crippen LogP contribution in [0.3, 0.4) is 0 Å². The summed E-state index contributed by atoms with van der Waals surface area (Å²) >= 11 is 0. The van der Waals surface area contributed by atoms with Gasteiger partial charge in [-0.3, -0.25) is 0 Å². The van der Waals surface area contributed by atoms with E-state index in [-0.39, 0.29) is 5.60 Å². The van der Waals surface area contributed by atoms with E-state index in [0.29, 0.717) is 6.04 Å². The molecule has 0 saturated heterocycles. The van der Waals surface area contributed by atoms with E-state index in [4.69, 9.17) is 4.74 Å². The molecular formula is C16H27NO. The minimum absolute atomic E-state index is 0.107. The van der Waals surface area contributed by atoms with Crippen molar-refractivity contribution in [3.63, 3.8) is 0 Å². The van der Waals surface area contributed by atoms with Crippen molar-refractivity contribution < 1.29 is 4.74 Å². The van der Waals surface area contributed by atoms with Crippen LogP contribution in [0.5, 0.6) is 0 Å². The first-order valence-corrected chi connectivity index (χ1v) is 6.74. The van der Waals surface area contributed by atoms with Crippen LogP contribution in [-0.2, 0) is 4.74 Å². The average Bonchev–Trinajstić information content (AvgIpc) is 2.27. The molecule has 0 spiro atoms. The lowest BCUT2D eigenvalue weighted by Crippen LogP contribution is -2.32.